The minimum atomic E-state index is 0.000892. The number of hydrogen-bond acceptors (Lipinski definition) is 2. The molecule has 5 heteroatoms. The number of aryl methyl sites for hydroxylation is 1. The minimum Gasteiger partial charge on any atom is -0.331 e. The number of anilines is 1. The molecular weight excluding hydrogens is 318 g/mol. The van der Waals surface area contributed by atoms with Crippen molar-refractivity contribution in [1.82, 2.24) is 10.9 Å². The summed E-state index contributed by atoms with van der Waals surface area (Å²) in [5.74, 6) is 0.730. The number of hydrogen-bond donors (Lipinski definition) is 3. The van der Waals surface area contributed by atoms with Crippen LogP contribution in [-0.2, 0) is 11.2 Å². The fraction of sp³-hybridized carbons (Fsp3) is 0.579. The van der Waals surface area contributed by atoms with Crippen LogP contribution < -0.4 is 16.2 Å². The molecule has 1 aromatic carbocycles. The van der Waals surface area contributed by atoms with Crippen LogP contribution in [0.2, 0.25) is 0 Å². The number of carbonyl (C=O) groups is 1. The molecule has 1 amide bonds. The van der Waals surface area contributed by atoms with Crippen molar-refractivity contribution in [2.75, 3.05) is 5.32 Å². The molecule has 0 heterocycles. The molecule has 132 valence electrons. The van der Waals surface area contributed by atoms with Gasteiger partial charge in [0.1, 0.15) is 0 Å². The molecule has 1 aliphatic rings. The van der Waals surface area contributed by atoms with Gasteiger partial charge in [-0.3, -0.25) is 15.6 Å². The van der Waals surface area contributed by atoms with Gasteiger partial charge in [-0.1, -0.05) is 51.2 Å². The van der Waals surface area contributed by atoms with E-state index >= 15 is 0 Å². The lowest BCUT2D eigenvalue weighted by Crippen LogP contribution is -2.43. The Bertz CT molecular complexity index is 524. The van der Waals surface area contributed by atoms with E-state index in [2.05, 4.69) is 35.2 Å². The van der Waals surface area contributed by atoms with Crippen LogP contribution in [0.25, 0.3) is 0 Å². The number of amides is 1. The molecule has 3 N–H and O–H groups in total. The molecule has 1 fully saturated rings. The molecule has 24 heavy (non-hydrogen) atoms. The Hall–Kier alpha value is -1.62. The molecule has 1 saturated carbocycles. The molecule has 0 radical (unpaired) electrons. The van der Waals surface area contributed by atoms with Crippen LogP contribution >= 0.6 is 12.2 Å². The number of hydrazine groups is 1. The lowest BCUT2D eigenvalue weighted by Gasteiger charge is -2.13. The molecule has 0 unspecified atom stereocenters. The van der Waals surface area contributed by atoms with Crippen molar-refractivity contribution < 1.29 is 4.79 Å². The molecule has 0 atom stereocenters. The molecule has 2 rings (SSSR count). The summed E-state index contributed by atoms with van der Waals surface area (Å²) < 4.78 is 0. The largest absolute Gasteiger partial charge is 0.331 e. The first kappa shape index (κ1) is 18.7. The van der Waals surface area contributed by atoms with E-state index < -0.39 is 0 Å². The number of unbranched alkanes of at least 4 members (excludes halogenated alkanes) is 1. The Labute approximate surface area is 150 Å². The predicted molar refractivity (Wildman–Crippen MR) is 104 cm³/mol. The van der Waals surface area contributed by atoms with Gasteiger partial charge in [-0.25, -0.2) is 0 Å². The Morgan fingerprint density at radius 2 is 1.88 bits per heavy atom. The third-order valence-electron chi connectivity index (χ3n) is 4.60. The van der Waals surface area contributed by atoms with Gasteiger partial charge in [0.2, 0.25) is 5.91 Å². The number of thiocarbonyl (C=S) groups is 1. The van der Waals surface area contributed by atoms with Crippen molar-refractivity contribution in [3.05, 3.63) is 29.8 Å². The topological polar surface area (TPSA) is 53.2 Å². The summed E-state index contributed by atoms with van der Waals surface area (Å²) in [5, 5.41) is 3.49. The van der Waals surface area contributed by atoms with Crippen molar-refractivity contribution in [3.63, 3.8) is 0 Å². The molecule has 0 saturated heterocycles. The maximum atomic E-state index is 11.8. The predicted octanol–water partition coefficient (Wildman–Crippen LogP) is 4.32. The molecular formula is C19H29N3OS. The molecule has 0 aromatic heterocycles. The fourth-order valence-electron chi connectivity index (χ4n) is 3.12. The van der Waals surface area contributed by atoms with Gasteiger partial charge >= 0.3 is 0 Å². The highest BCUT2D eigenvalue weighted by Crippen LogP contribution is 2.28. The van der Waals surface area contributed by atoms with Gasteiger partial charge in [-0.05, 0) is 55.1 Å². The van der Waals surface area contributed by atoms with Crippen LogP contribution in [0.3, 0.4) is 0 Å². The Kier molecular flexibility index (Phi) is 8.02. The highest BCUT2D eigenvalue weighted by atomic mass is 32.1. The zero-order chi connectivity index (χ0) is 17.2. The summed E-state index contributed by atoms with van der Waals surface area (Å²) in [7, 11) is 0. The first-order valence-electron chi connectivity index (χ1n) is 9.12. The van der Waals surface area contributed by atoms with Gasteiger partial charge in [-0.2, -0.15) is 0 Å². The summed E-state index contributed by atoms with van der Waals surface area (Å²) in [4.78, 5) is 11.8. The quantitative estimate of drug-likeness (QED) is 0.508. The van der Waals surface area contributed by atoms with E-state index in [1.165, 1.54) is 44.1 Å². The first-order valence-corrected chi connectivity index (χ1v) is 9.53. The lowest BCUT2D eigenvalue weighted by atomic mass is 10.0. The standard InChI is InChI=1S/C19H29N3OS/c1-2-3-6-16-9-12-17(13-10-16)20-19(24)22-21-18(23)14-11-15-7-4-5-8-15/h9-10,12-13,15H,2-8,11,14H2,1H3,(H,21,23)(H2,20,22,24). The molecule has 1 aromatic rings. The summed E-state index contributed by atoms with van der Waals surface area (Å²) in [5.41, 5.74) is 7.71. The second-order valence-corrected chi connectivity index (χ2v) is 7.03. The Balaban J connectivity index is 1.64. The molecule has 0 aliphatic heterocycles. The minimum absolute atomic E-state index is 0.000892. The van der Waals surface area contributed by atoms with E-state index in [0.717, 1.165) is 24.4 Å². The van der Waals surface area contributed by atoms with E-state index in [1.807, 2.05) is 12.1 Å². The van der Waals surface area contributed by atoms with Gasteiger partial charge in [0.15, 0.2) is 5.11 Å². The van der Waals surface area contributed by atoms with Crippen molar-refractivity contribution >= 4 is 28.9 Å². The lowest BCUT2D eigenvalue weighted by molar-refractivity contribution is -0.121. The van der Waals surface area contributed by atoms with Gasteiger partial charge in [-0.15, -0.1) is 0 Å². The van der Waals surface area contributed by atoms with Crippen LogP contribution in [0.15, 0.2) is 24.3 Å². The zero-order valence-corrected chi connectivity index (χ0v) is 15.4. The second kappa shape index (κ2) is 10.3. The highest BCUT2D eigenvalue weighted by Gasteiger charge is 2.16. The van der Waals surface area contributed by atoms with Crippen molar-refractivity contribution in [2.24, 2.45) is 5.92 Å². The maximum absolute atomic E-state index is 11.8. The van der Waals surface area contributed by atoms with Gasteiger partial charge < -0.3 is 5.32 Å². The average Bonchev–Trinajstić information content (AvgIpc) is 3.11. The van der Waals surface area contributed by atoms with Crippen molar-refractivity contribution in [1.29, 1.82) is 0 Å². The summed E-state index contributed by atoms with van der Waals surface area (Å²) in [6.45, 7) is 2.20. The number of carbonyl (C=O) groups excluding carboxylic acids is 1. The van der Waals surface area contributed by atoms with E-state index in [9.17, 15) is 4.79 Å². The van der Waals surface area contributed by atoms with Crippen LogP contribution in [0, 0.1) is 5.92 Å². The van der Waals surface area contributed by atoms with E-state index in [0.29, 0.717) is 11.5 Å². The third kappa shape index (κ3) is 6.87. The van der Waals surface area contributed by atoms with Crippen LogP contribution in [0.5, 0.6) is 0 Å². The number of benzene rings is 1. The highest BCUT2D eigenvalue weighted by molar-refractivity contribution is 7.80. The van der Waals surface area contributed by atoms with Crippen LogP contribution in [-0.4, -0.2) is 11.0 Å². The van der Waals surface area contributed by atoms with Crippen molar-refractivity contribution in [2.45, 2.75) is 64.7 Å². The van der Waals surface area contributed by atoms with E-state index in [4.69, 9.17) is 12.2 Å². The smallest absolute Gasteiger partial charge is 0.238 e. The summed E-state index contributed by atoms with van der Waals surface area (Å²) in [6, 6.07) is 8.25. The summed E-state index contributed by atoms with van der Waals surface area (Å²) >= 11 is 5.21. The maximum Gasteiger partial charge on any atom is 0.238 e. The summed E-state index contributed by atoms with van der Waals surface area (Å²) in [6.07, 6.45) is 10.2. The second-order valence-electron chi connectivity index (χ2n) is 6.62. The molecule has 1 aliphatic carbocycles. The Morgan fingerprint density at radius 3 is 2.54 bits per heavy atom. The van der Waals surface area contributed by atoms with Gasteiger partial charge in [0.05, 0.1) is 0 Å². The average molecular weight is 348 g/mol. The number of nitrogens with one attached hydrogen (secondary N) is 3. The monoisotopic (exact) mass is 347 g/mol. The SMILES string of the molecule is CCCCc1ccc(NC(=S)NNC(=O)CCC2CCCC2)cc1. The normalized spacial score (nSPS) is 14.4. The van der Waals surface area contributed by atoms with Gasteiger partial charge in [0.25, 0.3) is 0 Å². The van der Waals surface area contributed by atoms with Crippen LogP contribution in [0.4, 0.5) is 5.69 Å². The fourth-order valence-corrected chi connectivity index (χ4v) is 3.29. The van der Waals surface area contributed by atoms with Gasteiger partial charge in [0, 0.05) is 12.1 Å². The number of rotatable bonds is 7. The molecule has 4 nitrogen and oxygen atoms in total. The van der Waals surface area contributed by atoms with Crippen LogP contribution in [0.1, 0.15) is 63.9 Å². The van der Waals surface area contributed by atoms with Crippen molar-refractivity contribution in [3.8, 4) is 0 Å². The molecule has 0 spiro atoms. The Morgan fingerprint density at radius 1 is 1.17 bits per heavy atom. The zero-order valence-electron chi connectivity index (χ0n) is 14.6. The first-order chi connectivity index (χ1) is 11.7. The van der Waals surface area contributed by atoms with E-state index in [-0.39, 0.29) is 5.91 Å². The molecule has 0 bridgehead atoms. The van der Waals surface area contributed by atoms with E-state index in [1.54, 1.807) is 0 Å². The third-order valence-corrected chi connectivity index (χ3v) is 4.80.